The predicted molar refractivity (Wildman–Crippen MR) is 64.9 cm³/mol. The van der Waals surface area contributed by atoms with Crippen molar-refractivity contribution in [3.8, 4) is 0 Å². The van der Waals surface area contributed by atoms with Gasteiger partial charge in [-0.25, -0.2) is 0 Å². The number of hydrogen-bond donors (Lipinski definition) is 0. The maximum absolute atomic E-state index is 5.50. The smallest absolute Gasteiger partial charge is 0.161 e. The summed E-state index contributed by atoms with van der Waals surface area (Å²) in [6.45, 7) is 14.1. The van der Waals surface area contributed by atoms with E-state index in [2.05, 4.69) is 33.8 Å². The van der Waals surface area contributed by atoms with Crippen LogP contribution in [0.1, 0.15) is 48.0 Å². The molecular formula is C13H26O2. The lowest BCUT2D eigenvalue weighted by atomic mass is 9.93. The second-order valence-corrected chi connectivity index (χ2v) is 4.90. The molecule has 0 aliphatic rings. The lowest BCUT2D eigenvalue weighted by Crippen LogP contribution is -2.18. The van der Waals surface area contributed by atoms with Gasteiger partial charge in [-0.1, -0.05) is 32.4 Å². The fourth-order valence-corrected chi connectivity index (χ4v) is 1.60. The van der Waals surface area contributed by atoms with E-state index in [9.17, 15) is 0 Å². The first-order valence-electron chi connectivity index (χ1n) is 5.80. The molecule has 0 unspecified atom stereocenters. The van der Waals surface area contributed by atoms with Crippen molar-refractivity contribution in [2.75, 3.05) is 13.2 Å². The van der Waals surface area contributed by atoms with Gasteiger partial charge in [-0.05, 0) is 26.2 Å². The molecule has 0 rings (SSSR count). The Morgan fingerprint density at radius 1 is 1.13 bits per heavy atom. The van der Waals surface area contributed by atoms with E-state index in [4.69, 9.17) is 9.47 Å². The SMILES string of the molecule is CCOC(C/C(C)=C/C(C)(C)C)OCC. The van der Waals surface area contributed by atoms with Crippen LogP contribution in [0.5, 0.6) is 0 Å². The lowest BCUT2D eigenvalue weighted by Gasteiger charge is -2.19. The second-order valence-electron chi connectivity index (χ2n) is 4.90. The largest absolute Gasteiger partial charge is 0.353 e. The third-order valence-electron chi connectivity index (χ3n) is 1.87. The van der Waals surface area contributed by atoms with Crippen molar-refractivity contribution in [1.82, 2.24) is 0 Å². The number of hydrogen-bond acceptors (Lipinski definition) is 2. The Hall–Kier alpha value is -0.340. The summed E-state index contributed by atoms with van der Waals surface area (Å²) in [5.74, 6) is 0. The molecule has 0 aliphatic heterocycles. The number of allylic oxidation sites excluding steroid dienone is 1. The fraction of sp³-hybridized carbons (Fsp3) is 0.846. The Morgan fingerprint density at radius 2 is 1.60 bits per heavy atom. The molecule has 0 aliphatic carbocycles. The van der Waals surface area contributed by atoms with Crippen molar-refractivity contribution in [2.24, 2.45) is 5.41 Å². The number of ether oxygens (including phenoxy) is 2. The van der Waals surface area contributed by atoms with Gasteiger partial charge >= 0.3 is 0 Å². The van der Waals surface area contributed by atoms with Crippen LogP contribution in [0.15, 0.2) is 11.6 Å². The first-order chi connectivity index (χ1) is 6.89. The van der Waals surface area contributed by atoms with Gasteiger partial charge in [-0.3, -0.25) is 0 Å². The molecule has 2 heteroatoms. The summed E-state index contributed by atoms with van der Waals surface area (Å²) in [6.07, 6.45) is 3.05. The first-order valence-corrected chi connectivity index (χ1v) is 5.80. The molecular weight excluding hydrogens is 188 g/mol. The molecule has 2 nitrogen and oxygen atoms in total. The molecule has 15 heavy (non-hydrogen) atoms. The summed E-state index contributed by atoms with van der Waals surface area (Å²) in [5.41, 5.74) is 1.56. The molecule has 0 saturated carbocycles. The van der Waals surface area contributed by atoms with E-state index >= 15 is 0 Å². The van der Waals surface area contributed by atoms with Gasteiger partial charge in [0.2, 0.25) is 0 Å². The minimum Gasteiger partial charge on any atom is -0.353 e. The Balaban J connectivity index is 4.21. The lowest BCUT2D eigenvalue weighted by molar-refractivity contribution is -0.134. The van der Waals surface area contributed by atoms with Crippen LogP contribution in [0, 0.1) is 5.41 Å². The summed E-state index contributed by atoms with van der Waals surface area (Å²) in [6, 6.07) is 0. The zero-order chi connectivity index (χ0) is 11.9. The Labute approximate surface area is 94.7 Å². The predicted octanol–water partition coefficient (Wildman–Crippen LogP) is 3.77. The topological polar surface area (TPSA) is 18.5 Å². The Bertz CT molecular complexity index is 183. The average Bonchev–Trinajstić information content (AvgIpc) is 2.00. The minimum absolute atomic E-state index is 0.0846. The van der Waals surface area contributed by atoms with E-state index in [1.54, 1.807) is 0 Å². The summed E-state index contributed by atoms with van der Waals surface area (Å²) in [4.78, 5) is 0. The van der Waals surface area contributed by atoms with Crippen molar-refractivity contribution in [2.45, 2.75) is 54.3 Å². The van der Waals surface area contributed by atoms with Gasteiger partial charge in [0.05, 0.1) is 0 Å². The molecule has 0 N–H and O–H groups in total. The van der Waals surface area contributed by atoms with Crippen molar-refractivity contribution in [3.05, 3.63) is 11.6 Å². The molecule has 0 fully saturated rings. The van der Waals surface area contributed by atoms with Crippen LogP contribution in [0.25, 0.3) is 0 Å². The summed E-state index contributed by atoms with van der Waals surface area (Å²) >= 11 is 0. The highest BCUT2D eigenvalue weighted by Gasteiger charge is 2.11. The molecule has 0 heterocycles. The van der Waals surface area contributed by atoms with Gasteiger partial charge in [0.15, 0.2) is 6.29 Å². The zero-order valence-corrected chi connectivity index (χ0v) is 11.1. The molecule has 0 saturated heterocycles. The third-order valence-corrected chi connectivity index (χ3v) is 1.87. The van der Waals surface area contributed by atoms with Crippen LogP contribution >= 0.6 is 0 Å². The summed E-state index contributed by atoms with van der Waals surface area (Å²) in [5, 5.41) is 0. The Morgan fingerprint density at radius 3 is 1.93 bits per heavy atom. The van der Waals surface area contributed by atoms with Crippen molar-refractivity contribution < 1.29 is 9.47 Å². The van der Waals surface area contributed by atoms with Crippen molar-refractivity contribution in [3.63, 3.8) is 0 Å². The van der Waals surface area contributed by atoms with Gasteiger partial charge in [-0.15, -0.1) is 0 Å². The zero-order valence-electron chi connectivity index (χ0n) is 11.1. The first kappa shape index (κ1) is 14.7. The highest BCUT2D eigenvalue weighted by molar-refractivity contribution is 5.04. The molecule has 0 bridgehead atoms. The maximum Gasteiger partial charge on any atom is 0.161 e. The van der Waals surface area contributed by atoms with Crippen LogP contribution in [-0.2, 0) is 9.47 Å². The molecule has 0 radical (unpaired) electrons. The normalized spacial score (nSPS) is 13.7. The van der Waals surface area contributed by atoms with E-state index in [-0.39, 0.29) is 11.7 Å². The van der Waals surface area contributed by atoms with Gasteiger partial charge < -0.3 is 9.47 Å². The van der Waals surface area contributed by atoms with Gasteiger partial charge in [-0.2, -0.15) is 0 Å². The Kier molecular flexibility index (Phi) is 6.86. The molecule has 0 aromatic carbocycles. The van der Waals surface area contributed by atoms with Crippen LogP contribution < -0.4 is 0 Å². The van der Waals surface area contributed by atoms with E-state index in [1.165, 1.54) is 5.57 Å². The third kappa shape index (κ3) is 8.64. The average molecular weight is 214 g/mol. The summed E-state index contributed by atoms with van der Waals surface area (Å²) < 4.78 is 11.0. The number of rotatable bonds is 6. The molecule has 0 atom stereocenters. The standard InChI is InChI=1S/C13H26O2/c1-7-14-12(15-8-2)9-11(3)10-13(4,5)6/h10,12H,7-9H2,1-6H3/b11-10+. The van der Waals surface area contributed by atoms with Gasteiger partial charge in [0.25, 0.3) is 0 Å². The minimum atomic E-state index is -0.0846. The van der Waals surface area contributed by atoms with Crippen LogP contribution in [-0.4, -0.2) is 19.5 Å². The van der Waals surface area contributed by atoms with Crippen molar-refractivity contribution >= 4 is 0 Å². The molecule has 90 valence electrons. The van der Waals surface area contributed by atoms with Crippen LogP contribution in [0.4, 0.5) is 0 Å². The molecule has 0 aromatic heterocycles. The highest BCUT2D eigenvalue weighted by atomic mass is 16.7. The fourth-order valence-electron chi connectivity index (χ4n) is 1.60. The van der Waals surface area contributed by atoms with E-state index in [1.807, 2.05) is 13.8 Å². The summed E-state index contributed by atoms with van der Waals surface area (Å²) in [7, 11) is 0. The molecule has 0 aromatic rings. The van der Waals surface area contributed by atoms with E-state index in [0.717, 1.165) is 6.42 Å². The van der Waals surface area contributed by atoms with Gasteiger partial charge in [0, 0.05) is 19.6 Å². The molecule has 0 amide bonds. The monoisotopic (exact) mass is 214 g/mol. The van der Waals surface area contributed by atoms with Crippen LogP contribution in [0.3, 0.4) is 0 Å². The maximum atomic E-state index is 5.50. The van der Waals surface area contributed by atoms with Crippen molar-refractivity contribution in [1.29, 1.82) is 0 Å². The second kappa shape index (κ2) is 7.02. The highest BCUT2D eigenvalue weighted by Crippen LogP contribution is 2.20. The molecule has 0 spiro atoms. The van der Waals surface area contributed by atoms with Crippen LogP contribution in [0.2, 0.25) is 0 Å². The van der Waals surface area contributed by atoms with Gasteiger partial charge in [0.1, 0.15) is 0 Å². The van der Waals surface area contributed by atoms with E-state index < -0.39 is 0 Å². The quantitative estimate of drug-likeness (QED) is 0.495. The van der Waals surface area contributed by atoms with E-state index in [0.29, 0.717) is 13.2 Å².